The van der Waals surface area contributed by atoms with Gasteiger partial charge >= 0.3 is 0 Å². The van der Waals surface area contributed by atoms with Crippen molar-refractivity contribution in [3.63, 3.8) is 0 Å². The minimum atomic E-state index is 0.580. The molecule has 0 unspecified atom stereocenters. The summed E-state index contributed by atoms with van der Waals surface area (Å²) in [4.78, 5) is 0. The average molecular weight is 265 g/mol. The van der Waals surface area contributed by atoms with Crippen LogP contribution in [0.5, 0.6) is 0 Å². The molecule has 2 nitrogen and oxygen atoms in total. The number of benzene rings is 2. The predicted octanol–water partition coefficient (Wildman–Crippen LogP) is 4.44. The van der Waals surface area contributed by atoms with E-state index in [-0.39, 0.29) is 0 Å². The van der Waals surface area contributed by atoms with E-state index in [1.807, 2.05) is 36.4 Å². The van der Waals surface area contributed by atoms with Crippen LogP contribution in [0.3, 0.4) is 0 Å². The van der Waals surface area contributed by atoms with E-state index in [1.165, 1.54) is 0 Å². The first-order valence-electron chi connectivity index (χ1n) is 5.05. The van der Waals surface area contributed by atoms with E-state index in [0.29, 0.717) is 10.0 Å². The fraction of sp³-hybridized carbons (Fsp3) is 0. The topological polar surface area (TPSA) is 24.4 Å². The van der Waals surface area contributed by atoms with E-state index in [0.717, 1.165) is 11.3 Å². The molecule has 0 atom stereocenters. The minimum absolute atomic E-state index is 0.580. The van der Waals surface area contributed by atoms with Crippen molar-refractivity contribution in [2.75, 3.05) is 5.43 Å². The van der Waals surface area contributed by atoms with Gasteiger partial charge in [-0.05, 0) is 24.3 Å². The molecule has 0 aromatic heterocycles. The van der Waals surface area contributed by atoms with Crippen LogP contribution in [-0.4, -0.2) is 6.21 Å². The Labute approximate surface area is 110 Å². The van der Waals surface area contributed by atoms with Gasteiger partial charge in [-0.25, -0.2) is 0 Å². The zero-order chi connectivity index (χ0) is 12.1. The van der Waals surface area contributed by atoms with Crippen LogP contribution in [-0.2, 0) is 0 Å². The van der Waals surface area contributed by atoms with Gasteiger partial charge in [0.2, 0.25) is 0 Å². The zero-order valence-corrected chi connectivity index (χ0v) is 10.4. The van der Waals surface area contributed by atoms with Crippen LogP contribution in [0.4, 0.5) is 5.69 Å². The summed E-state index contributed by atoms with van der Waals surface area (Å²) in [7, 11) is 0. The molecular weight excluding hydrogens is 255 g/mol. The SMILES string of the molecule is Clc1ccc(/C=N\Nc2ccccc2)c(Cl)c1. The van der Waals surface area contributed by atoms with Crippen molar-refractivity contribution in [3.05, 3.63) is 64.1 Å². The number of hydrogen-bond acceptors (Lipinski definition) is 2. The molecule has 4 heteroatoms. The molecule has 2 aromatic carbocycles. The third-order valence-electron chi connectivity index (χ3n) is 2.13. The van der Waals surface area contributed by atoms with Crippen molar-refractivity contribution in [3.8, 4) is 0 Å². The zero-order valence-electron chi connectivity index (χ0n) is 8.90. The van der Waals surface area contributed by atoms with Gasteiger partial charge in [-0.1, -0.05) is 47.5 Å². The van der Waals surface area contributed by atoms with Crippen LogP contribution in [0.2, 0.25) is 10.0 Å². The van der Waals surface area contributed by atoms with Gasteiger partial charge in [0, 0.05) is 10.6 Å². The third-order valence-corrected chi connectivity index (χ3v) is 2.70. The van der Waals surface area contributed by atoms with Crippen LogP contribution in [0.1, 0.15) is 5.56 Å². The number of nitrogens with zero attached hydrogens (tertiary/aromatic N) is 1. The van der Waals surface area contributed by atoms with Gasteiger partial charge in [0.1, 0.15) is 0 Å². The minimum Gasteiger partial charge on any atom is -0.279 e. The van der Waals surface area contributed by atoms with Gasteiger partial charge in [0.15, 0.2) is 0 Å². The third kappa shape index (κ3) is 3.48. The van der Waals surface area contributed by atoms with Gasteiger partial charge in [0.25, 0.3) is 0 Å². The molecule has 0 aliphatic rings. The molecular formula is C13H10Cl2N2. The van der Waals surface area contributed by atoms with Crippen molar-refractivity contribution < 1.29 is 0 Å². The van der Waals surface area contributed by atoms with Crippen LogP contribution in [0.15, 0.2) is 53.6 Å². The van der Waals surface area contributed by atoms with Crippen LogP contribution in [0, 0.1) is 0 Å². The summed E-state index contributed by atoms with van der Waals surface area (Å²) in [6.07, 6.45) is 1.66. The predicted molar refractivity (Wildman–Crippen MR) is 74.1 cm³/mol. The van der Waals surface area contributed by atoms with Crippen molar-refractivity contribution in [1.82, 2.24) is 0 Å². The van der Waals surface area contributed by atoms with E-state index in [4.69, 9.17) is 23.2 Å². The van der Waals surface area contributed by atoms with Crippen molar-refractivity contribution >= 4 is 35.1 Å². The molecule has 0 radical (unpaired) electrons. The second kappa shape index (κ2) is 5.71. The maximum Gasteiger partial charge on any atom is 0.0561 e. The monoisotopic (exact) mass is 264 g/mol. The fourth-order valence-corrected chi connectivity index (χ4v) is 1.75. The van der Waals surface area contributed by atoms with E-state index >= 15 is 0 Å². The summed E-state index contributed by atoms with van der Waals surface area (Å²) >= 11 is 11.8. The number of para-hydroxylation sites is 1. The quantitative estimate of drug-likeness (QED) is 0.644. The maximum atomic E-state index is 6.01. The number of anilines is 1. The lowest BCUT2D eigenvalue weighted by Gasteiger charge is -2.00. The first-order chi connectivity index (χ1) is 8.25. The van der Waals surface area contributed by atoms with Crippen molar-refractivity contribution in [1.29, 1.82) is 0 Å². The molecule has 0 fully saturated rings. The van der Waals surface area contributed by atoms with Crippen LogP contribution in [0.25, 0.3) is 0 Å². The van der Waals surface area contributed by atoms with E-state index < -0.39 is 0 Å². The highest BCUT2D eigenvalue weighted by atomic mass is 35.5. The highest BCUT2D eigenvalue weighted by Gasteiger charge is 1.97. The second-order valence-corrected chi connectivity index (χ2v) is 4.25. The molecule has 0 amide bonds. The van der Waals surface area contributed by atoms with Gasteiger partial charge in [-0.15, -0.1) is 0 Å². The maximum absolute atomic E-state index is 6.01. The molecule has 86 valence electrons. The number of rotatable bonds is 3. The lowest BCUT2D eigenvalue weighted by molar-refractivity contribution is 1.35. The van der Waals surface area contributed by atoms with Crippen molar-refractivity contribution in [2.45, 2.75) is 0 Å². The van der Waals surface area contributed by atoms with Gasteiger partial charge in [0.05, 0.1) is 16.9 Å². The van der Waals surface area contributed by atoms with Crippen LogP contribution >= 0.6 is 23.2 Å². The molecule has 2 rings (SSSR count). The Morgan fingerprint density at radius 3 is 2.47 bits per heavy atom. The molecule has 0 aliphatic carbocycles. The Morgan fingerprint density at radius 1 is 1.00 bits per heavy atom. The summed E-state index contributed by atoms with van der Waals surface area (Å²) in [5.74, 6) is 0. The lowest BCUT2D eigenvalue weighted by Crippen LogP contribution is -1.90. The number of nitrogens with one attached hydrogen (secondary N) is 1. The van der Waals surface area contributed by atoms with Gasteiger partial charge < -0.3 is 0 Å². The number of hydrazone groups is 1. The summed E-state index contributed by atoms with van der Waals surface area (Å²) in [5.41, 5.74) is 4.66. The first-order valence-corrected chi connectivity index (χ1v) is 5.80. The standard InChI is InChI=1S/C13H10Cl2N2/c14-11-7-6-10(13(15)8-11)9-16-17-12-4-2-1-3-5-12/h1-9,17H/b16-9-. The van der Waals surface area contributed by atoms with Crippen molar-refractivity contribution in [2.24, 2.45) is 5.10 Å². The Morgan fingerprint density at radius 2 is 1.76 bits per heavy atom. The Kier molecular flexibility index (Phi) is 4.02. The smallest absolute Gasteiger partial charge is 0.0561 e. The molecule has 1 N–H and O–H groups in total. The molecule has 0 spiro atoms. The Bertz CT molecular complexity index is 524. The highest BCUT2D eigenvalue weighted by Crippen LogP contribution is 2.19. The molecule has 2 aromatic rings. The van der Waals surface area contributed by atoms with E-state index in [2.05, 4.69) is 10.5 Å². The highest BCUT2D eigenvalue weighted by molar-refractivity contribution is 6.36. The van der Waals surface area contributed by atoms with Gasteiger partial charge in [-0.2, -0.15) is 5.10 Å². The molecule has 0 saturated carbocycles. The Hall–Kier alpha value is -1.51. The lowest BCUT2D eigenvalue weighted by atomic mass is 10.2. The molecule has 17 heavy (non-hydrogen) atoms. The molecule has 0 aliphatic heterocycles. The molecule has 0 saturated heterocycles. The van der Waals surface area contributed by atoms with E-state index in [9.17, 15) is 0 Å². The number of halogens is 2. The first kappa shape index (κ1) is 12.0. The molecule has 0 heterocycles. The average Bonchev–Trinajstić information content (AvgIpc) is 2.33. The summed E-state index contributed by atoms with van der Waals surface area (Å²) in [6, 6.07) is 15.0. The fourth-order valence-electron chi connectivity index (χ4n) is 1.30. The Balaban J connectivity index is 2.06. The normalized spacial score (nSPS) is 10.7. The second-order valence-electron chi connectivity index (χ2n) is 3.40. The largest absolute Gasteiger partial charge is 0.279 e. The number of hydrogen-bond donors (Lipinski definition) is 1. The molecule has 0 bridgehead atoms. The van der Waals surface area contributed by atoms with Crippen LogP contribution < -0.4 is 5.43 Å². The summed E-state index contributed by atoms with van der Waals surface area (Å²) in [6.45, 7) is 0. The summed E-state index contributed by atoms with van der Waals surface area (Å²) in [5, 5.41) is 5.29. The van der Waals surface area contributed by atoms with Gasteiger partial charge in [-0.3, -0.25) is 5.43 Å². The van der Waals surface area contributed by atoms with E-state index in [1.54, 1.807) is 18.3 Å². The summed E-state index contributed by atoms with van der Waals surface area (Å²) < 4.78 is 0.